The molecule has 1 N–H and O–H groups in total. The molecule has 1 aliphatic rings. The minimum atomic E-state index is -0.713. The SMILES string of the molecule is CCC1OC(OCCOCCOCC(C)C)C(NC(C)=O)C(OC(C)=O)C1C. The van der Waals surface area contributed by atoms with E-state index in [1.807, 2.05) is 13.8 Å². The van der Waals surface area contributed by atoms with Crippen molar-refractivity contribution >= 4 is 11.9 Å². The lowest BCUT2D eigenvalue weighted by atomic mass is 9.87. The van der Waals surface area contributed by atoms with E-state index in [0.717, 1.165) is 6.42 Å². The quantitative estimate of drug-likeness (QED) is 0.393. The van der Waals surface area contributed by atoms with Crippen molar-refractivity contribution in [1.82, 2.24) is 5.32 Å². The lowest BCUT2D eigenvalue weighted by Gasteiger charge is -2.44. The molecule has 5 unspecified atom stereocenters. The highest BCUT2D eigenvalue weighted by atomic mass is 16.7. The Bertz CT molecular complexity index is 471. The first-order valence-electron chi connectivity index (χ1n) is 10.1. The number of esters is 1. The summed E-state index contributed by atoms with van der Waals surface area (Å²) < 4.78 is 28.4. The van der Waals surface area contributed by atoms with Gasteiger partial charge in [-0.25, -0.2) is 0 Å². The van der Waals surface area contributed by atoms with Crippen LogP contribution in [0, 0.1) is 11.8 Å². The van der Waals surface area contributed by atoms with Gasteiger partial charge in [0.25, 0.3) is 0 Å². The molecule has 0 bridgehead atoms. The predicted octanol–water partition coefficient (Wildman–Crippen LogP) is 1.90. The maximum atomic E-state index is 11.7. The van der Waals surface area contributed by atoms with Crippen LogP contribution < -0.4 is 5.32 Å². The smallest absolute Gasteiger partial charge is 0.302 e. The van der Waals surface area contributed by atoms with Gasteiger partial charge < -0.3 is 29.0 Å². The molecule has 0 radical (unpaired) electrons. The normalized spacial score (nSPS) is 27.6. The van der Waals surface area contributed by atoms with Gasteiger partial charge in [-0.2, -0.15) is 0 Å². The van der Waals surface area contributed by atoms with Crippen LogP contribution in [0.5, 0.6) is 0 Å². The van der Waals surface area contributed by atoms with Crippen LogP contribution in [0.25, 0.3) is 0 Å². The third-order valence-electron chi connectivity index (χ3n) is 4.47. The van der Waals surface area contributed by atoms with Crippen molar-refractivity contribution in [1.29, 1.82) is 0 Å². The van der Waals surface area contributed by atoms with E-state index < -0.39 is 24.4 Å². The highest BCUT2D eigenvalue weighted by Crippen LogP contribution is 2.30. The van der Waals surface area contributed by atoms with E-state index in [2.05, 4.69) is 19.2 Å². The highest BCUT2D eigenvalue weighted by Gasteiger charge is 2.46. The molecule has 0 aromatic heterocycles. The van der Waals surface area contributed by atoms with Crippen LogP contribution in [0.1, 0.15) is 48.0 Å². The van der Waals surface area contributed by atoms with Crippen LogP contribution in [-0.2, 0) is 33.3 Å². The third-order valence-corrected chi connectivity index (χ3v) is 4.47. The predicted molar refractivity (Wildman–Crippen MR) is 104 cm³/mol. The van der Waals surface area contributed by atoms with Gasteiger partial charge >= 0.3 is 5.97 Å². The Morgan fingerprint density at radius 2 is 1.71 bits per heavy atom. The molecule has 1 saturated heterocycles. The van der Waals surface area contributed by atoms with Gasteiger partial charge in [0.15, 0.2) is 6.29 Å². The molecule has 1 heterocycles. The van der Waals surface area contributed by atoms with E-state index >= 15 is 0 Å². The number of nitrogens with one attached hydrogen (secondary N) is 1. The summed E-state index contributed by atoms with van der Waals surface area (Å²) in [7, 11) is 0. The van der Waals surface area contributed by atoms with Crippen molar-refractivity contribution in [3.63, 3.8) is 0 Å². The first kappa shape index (κ1) is 24.8. The lowest BCUT2D eigenvalue weighted by molar-refractivity contribution is -0.255. The molecule has 0 aromatic carbocycles. The standard InChI is InChI=1S/C20H37NO7/c1-7-17-14(4)19(27-16(6)23)18(21-15(5)22)20(28-17)26-11-10-24-8-9-25-12-13(2)3/h13-14,17-20H,7-12H2,1-6H3,(H,21,22). The van der Waals surface area contributed by atoms with Crippen molar-refractivity contribution in [2.45, 2.75) is 72.5 Å². The Balaban J connectivity index is 2.56. The zero-order valence-electron chi connectivity index (χ0n) is 18.1. The molecular formula is C20H37NO7. The van der Waals surface area contributed by atoms with E-state index in [-0.39, 0.29) is 17.9 Å². The molecule has 164 valence electrons. The second kappa shape index (κ2) is 13.1. The minimum absolute atomic E-state index is 0.0695. The summed E-state index contributed by atoms with van der Waals surface area (Å²) in [5.41, 5.74) is 0. The van der Waals surface area contributed by atoms with Gasteiger partial charge in [-0.15, -0.1) is 0 Å². The van der Waals surface area contributed by atoms with Gasteiger partial charge in [-0.05, 0) is 12.3 Å². The average Bonchev–Trinajstić information content (AvgIpc) is 2.61. The fraction of sp³-hybridized carbons (Fsp3) is 0.900. The van der Waals surface area contributed by atoms with Gasteiger partial charge in [0.05, 0.1) is 32.5 Å². The molecule has 0 spiro atoms. The number of carbonyl (C=O) groups excluding carboxylic acids is 2. The minimum Gasteiger partial charge on any atom is -0.460 e. The van der Waals surface area contributed by atoms with Gasteiger partial charge in [0.1, 0.15) is 12.1 Å². The Hall–Kier alpha value is -1.22. The van der Waals surface area contributed by atoms with Crippen molar-refractivity contribution < 1.29 is 33.3 Å². The molecule has 1 aliphatic heterocycles. The van der Waals surface area contributed by atoms with Crippen molar-refractivity contribution in [3.8, 4) is 0 Å². The molecule has 0 aromatic rings. The second-order valence-electron chi connectivity index (χ2n) is 7.56. The summed E-state index contributed by atoms with van der Waals surface area (Å²) >= 11 is 0. The van der Waals surface area contributed by atoms with E-state index in [0.29, 0.717) is 39.0 Å². The first-order chi connectivity index (χ1) is 13.3. The summed E-state index contributed by atoms with van der Waals surface area (Å²) in [6.45, 7) is 13.3. The van der Waals surface area contributed by atoms with Crippen LogP contribution in [0.4, 0.5) is 0 Å². The monoisotopic (exact) mass is 403 g/mol. The van der Waals surface area contributed by atoms with Crippen molar-refractivity contribution in [3.05, 3.63) is 0 Å². The number of hydrogen-bond donors (Lipinski definition) is 1. The van der Waals surface area contributed by atoms with Crippen molar-refractivity contribution in [2.24, 2.45) is 11.8 Å². The molecular weight excluding hydrogens is 366 g/mol. The highest BCUT2D eigenvalue weighted by molar-refractivity contribution is 5.73. The molecule has 8 heteroatoms. The number of ether oxygens (including phenoxy) is 5. The molecule has 0 saturated carbocycles. The van der Waals surface area contributed by atoms with Crippen molar-refractivity contribution in [2.75, 3.05) is 33.0 Å². The molecule has 28 heavy (non-hydrogen) atoms. The second-order valence-corrected chi connectivity index (χ2v) is 7.56. The maximum Gasteiger partial charge on any atom is 0.302 e. The first-order valence-corrected chi connectivity index (χ1v) is 10.1. The average molecular weight is 404 g/mol. The summed E-state index contributed by atoms with van der Waals surface area (Å²) in [5.74, 6) is -0.205. The van der Waals surface area contributed by atoms with Crippen LogP contribution in [-0.4, -0.2) is 69.5 Å². The summed E-state index contributed by atoms with van der Waals surface area (Å²) in [5, 5.41) is 2.81. The van der Waals surface area contributed by atoms with Gasteiger partial charge in [-0.1, -0.05) is 27.7 Å². The van der Waals surface area contributed by atoms with Gasteiger partial charge in [0.2, 0.25) is 5.91 Å². The van der Waals surface area contributed by atoms with Crippen LogP contribution in [0.15, 0.2) is 0 Å². The third kappa shape index (κ3) is 8.86. The lowest BCUT2D eigenvalue weighted by Crippen LogP contribution is -2.62. The summed E-state index contributed by atoms with van der Waals surface area (Å²) in [6.07, 6.45) is -0.620. The fourth-order valence-electron chi connectivity index (χ4n) is 3.20. The van der Waals surface area contributed by atoms with E-state index in [1.54, 1.807) is 0 Å². The molecule has 1 rings (SSSR count). The number of carbonyl (C=O) groups is 2. The van der Waals surface area contributed by atoms with Gasteiger partial charge in [-0.3, -0.25) is 9.59 Å². The Kier molecular flexibility index (Phi) is 11.6. The number of hydrogen-bond acceptors (Lipinski definition) is 7. The Morgan fingerprint density at radius 3 is 2.29 bits per heavy atom. The fourth-order valence-corrected chi connectivity index (χ4v) is 3.20. The van der Waals surface area contributed by atoms with Gasteiger partial charge in [0, 0.05) is 26.4 Å². The molecule has 5 atom stereocenters. The number of amides is 1. The summed E-state index contributed by atoms with van der Waals surface area (Å²) in [4.78, 5) is 23.2. The largest absolute Gasteiger partial charge is 0.460 e. The summed E-state index contributed by atoms with van der Waals surface area (Å²) in [6, 6.07) is -0.575. The number of rotatable bonds is 12. The van der Waals surface area contributed by atoms with Crippen LogP contribution >= 0.6 is 0 Å². The van der Waals surface area contributed by atoms with Crippen LogP contribution in [0.3, 0.4) is 0 Å². The van der Waals surface area contributed by atoms with E-state index in [1.165, 1.54) is 13.8 Å². The maximum absolute atomic E-state index is 11.7. The molecule has 1 fully saturated rings. The molecule has 8 nitrogen and oxygen atoms in total. The van der Waals surface area contributed by atoms with E-state index in [9.17, 15) is 9.59 Å². The topological polar surface area (TPSA) is 92.3 Å². The zero-order chi connectivity index (χ0) is 21.1. The van der Waals surface area contributed by atoms with E-state index in [4.69, 9.17) is 23.7 Å². The zero-order valence-corrected chi connectivity index (χ0v) is 18.1. The molecule has 0 aliphatic carbocycles. The molecule has 1 amide bonds. The Morgan fingerprint density at radius 1 is 1.07 bits per heavy atom. The Labute approximate surface area is 168 Å². The van der Waals surface area contributed by atoms with Crippen LogP contribution in [0.2, 0.25) is 0 Å².